The summed E-state index contributed by atoms with van der Waals surface area (Å²) in [4.78, 5) is 36.6. The van der Waals surface area contributed by atoms with Crippen LogP contribution in [-0.4, -0.2) is 66.9 Å². The number of nitrogens with zero attached hydrogens (tertiary/aromatic N) is 4. The highest BCUT2D eigenvalue weighted by Crippen LogP contribution is 2.34. The summed E-state index contributed by atoms with van der Waals surface area (Å²) >= 11 is 0. The minimum Gasteiger partial charge on any atom is -0.469 e. The average molecular weight is 462 g/mol. The van der Waals surface area contributed by atoms with E-state index in [-0.39, 0.29) is 23.5 Å². The Morgan fingerprint density at radius 2 is 1.94 bits per heavy atom. The van der Waals surface area contributed by atoms with Crippen molar-refractivity contribution >= 4 is 28.7 Å². The molecule has 180 valence electrons. The number of methoxy groups -OCH3 is 1. The van der Waals surface area contributed by atoms with Gasteiger partial charge in [0.15, 0.2) is 23.5 Å². The highest BCUT2D eigenvalue weighted by atomic mass is 16.6. The van der Waals surface area contributed by atoms with Crippen molar-refractivity contribution < 1.29 is 29.3 Å². The predicted molar refractivity (Wildman–Crippen MR) is 117 cm³/mol. The maximum atomic E-state index is 11.7. The largest absolute Gasteiger partial charge is 0.469 e. The summed E-state index contributed by atoms with van der Waals surface area (Å²) in [5, 5.41) is 20.6. The van der Waals surface area contributed by atoms with Crippen LogP contribution in [0.15, 0.2) is 6.33 Å². The van der Waals surface area contributed by atoms with Crippen molar-refractivity contribution in [2.45, 2.75) is 76.4 Å². The molecule has 0 aromatic carbocycles. The molecule has 1 aliphatic carbocycles. The molecule has 33 heavy (non-hydrogen) atoms. The van der Waals surface area contributed by atoms with Gasteiger partial charge in [-0.25, -0.2) is 15.0 Å². The Bertz CT molecular complexity index is 1020. The first kappa shape index (κ1) is 23.5. The lowest BCUT2D eigenvalue weighted by atomic mass is 9.80. The lowest BCUT2D eigenvalue weighted by Gasteiger charge is -2.26. The summed E-state index contributed by atoms with van der Waals surface area (Å²) in [5.41, 5.74) is 6.86. The minimum atomic E-state index is -1.34. The van der Waals surface area contributed by atoms with Gasteiger partial charge < -0.3 is 25.4 Å². The Kier molecular flexibility index (Phi) is 6.91. The number of aromatic nitrogens is 4. The van der Waals surface area contributed by atoms with Gasteiger partial charge in [-0.3, -0.25) is 14.2 Å². The smallest absolute Gasteiger partial charge is 0.308 e. The molecule has 1 aliphatic heterocycles. The van der Waals surface area contributed by atoms with E-state index in [2.05, 4.69) is 15.0 Å². The molecule has 1 unspecified atom stereocenters. The van der Waals surface area contributed by atoms with E-state index in [1.807, 2.05) is 0 Å². The summed E-state index contributed by atoms with van der Waals surface area (Å²) in [6, 6.07) is 0. The molecule has 0 radical (unpaired) electrons. The molecule has 3 heterocycles. The summed E-state index contributed by atoms with van der Waals surface area (Å²) in [6.07, 6.45) is 2.89. The molecular weight excluding hydrogens is 430 g/mol. The van der Waals surface area contributed by atoms with Crippen molar-refractivity contribution in [1.82, 2.24) is 19.5 Å². The molecule has 11 heteroatoms. The first-order valence-corrected chi connectivity index (χ1v) is 11.4. The molecule has 2 aromatic rings. The van der Waals surface area contributed by atoms with E-state index in [0.717, 1.165) is 38.5 Å². The first-order chi connectivity index (χ1) is 15.8. The van der Waals surface area contributed by atoms with E-state index >= 15 is 0 Å². The molecule has 1 saturated heterocycles. The number of anilines is 1. The highest BCUT2D eigenvalue weighted by Gasteiger charge is 2.46. The fourth-order valence-electron chi connectivity index (χ4n) is 4.91. The second kappa shape index (κ2) is 9.70. The molecular formula is C22H31N5O6. The van der Waals surface area contributed by atoms with Gasteiger partial charge in [-0.2, -0.15) is 0 Å². The highest BCUT2D eigenvalue weighted by molar-refractivity contribution is 5.82. The number of imidazole rings is 1. The van der Waals surface area contributed by atoms with Crippen LogP contribution in [-0.2, 0) is 25.5 Å². The topological polar surface area (TPSA) is 163 Å². The lowest BCUT2D eigenvalue weighted by Crippen LogP contribution is -2.34. The number of ketones is 1. The van der Waals surface area contributed by atoms with Crippen LogP contribution >= 0.6 is 0 Å². The van der Waals surface area contributed by atoms with Crippen molar-refractivity contribution in [2.24, 2.45) is 11.8 Å². The standard InChI is InChI=1S/C22H31N5O6/c1-11(28)18-16(29)17(30)21(33-18)27-10-24-15-19(23)25-14(26-20(15)27)5-3-4-12-6-8-13(9-7-12)22(31)32-2/h10,12-13,16-18,21,29-30H,3-9H2,1-2H3,(H2,23,25,26)/t12?,13?,16?,17-,18+,21+/m0/s1. The van der Waals surface area contributed by atoms with Crippen LogP contribution in [0.25, 0.3) is 11.2 Å². The van der Waals surface area contributed by atoms with E-state index in [0.29, 0.717) is 29.3 Å². The van der Waals surface area contributed by atoms with Crippen molar-refractivity contribution in [3.05, 3.63) is 12.2 Å². The molecule has 2 fully saturated rings. The van der Waals surface area contributed by atoms with E-state index < -0.39 is 24.5 Å². The van der Waals surface area contributed by atoms with Crippen LogP contribution in [0.5, 0.6) is 0 Å². The second-order valence-corrected chi connectivity index (χ2v) is 9.02. The van der Waals surface area contributed by atoms with Crippen molar-refractivity contribution in [3.63, 3.8) is 0 Å². The van der Waals surface area contributed by atoms with Gasteiger partial charge >= 0.3 is 5.97 Å². The van der Waals surface area contributed by atoms with Crippen molar-refractivity contribution in [3.8, 4) is 0 Å². The first-order valence-electron chi connectivity index (χ1n) is 11.4. The molecule has 0 bridgehead atoms. The molecule has 4 atom stereocenters. The summed E-state index contributed by atoms with van der Waals surface area (Å²) in [5.74, 6) is 0.880. The molecule has 2 aliphatic rings. The van der Waals surface area contributed by atoms with Gasteiger partial charge in [0.1, 0.15) is 29.7 Å². The second-order valence-electron chi connectivity index (χ2n) is 9.02. The Hall–Kier alpha value is -2.63. The molecule has 4 N–H and O–H groups in total. The molecule has 0 amide bonds. The third kappa shape index (κ3) is 4.71. The zero-order chi connectivity index (χ0) is 23.7. The summed E-state index contributed by atoms with van der Waals surface area (Å²) in [7, 11) is 1.44. The van der Waals surface area contributed by atoms with Gasteiger partial charge in [-0.05, 0) is 44.9 Å². The molecule has 11 nitrogen and oxygen atoms in total. The fraction of sp³-hybridized carbons (Fsp3) is 0.682. The monoisotopic (exact) mass is 461 g/mol. The number of ether oxygens (including phenoxy) is 2. The van der Waals surface area contributed by atoms with E-state index in [9.17, 15) is 19.8 Å². The number of aliphatic hydroxyl groups excluding tert-OH is 2. The van der Waals surface area contributed by atoms with Crippen LogP contribution in [0.1, 0.15) is 57.5 Å². The molecule has 0 spiro atoms. The average Bonchev–Trinajstić information content (AvgIpc) is 3.35. The summed E-state index contributed by atoms with van der Waals surface area (Å²) in [6.45, 7) is 1.30. The number of hydrogen-bond donors (Lipinski definition) is 3. The van der Waals surface area contributed by atoms with Crippen molar-refractivity contribution in [1.29, 1.82) is 0 Å². The van der Waals surface area contributed by atoms with E-state index in [1.165, 1.54) is 24.9 Å². The van der Waals surface area contributed by atoms with Gasteiger partial charge in [0.05, 0.1) is 19.4 Å². The van der Waals surface area contributed by atoms with Crippen LogP contribution in [0.4, 0.5) is 5.82 Å². The predicted octanol–water partition coefficient (Wildman–Crippen LogP) is 0.919. The number of nitrogens with two attached hydrogens (primary N) is 1. The van der Waals surface area contributed by atoms with Crippen LogP contribution < -0.4 is 5.73 Å². The molecule has 1 saturated carbocycles. The lowest BCUT2D eigenvalue weighted by molar-refractivity contribution is -0.146. The van der Waals surface area contributed by atoms with Gasteiger partial charge in [0.2, 0.25) is 0 Å². The van der Waals surface area contributed by atoms with Crippen molar-refractivity contribution in [2.75, 3.05) is 12.8 Å². The molecule has 4 rings (SSSR count). The van der Waals surface area contributed by atoms with Gasteiger partial charge in [0, 0.05) is 6.42 Å². The van der Waals surface area contributed by atoms with Crippen LogP contribution in [0.2, 0.25) is 0 Å². The number of hydrogen-bond acceptors (Lipinski definition) is 10. The number of esters is 1. The number of fused-ring (bicyclic) bond motifs is 1. The molecule has 2 aromatic heterocycles. The van der Waals surface area contributed by atoms with Gasteiger partial charge in [-0.1, -0.05) is 6.42 Å². The van der Waals surface area contributed by atoms with Crippen LogP contribution in [0.3, 0.4) is 0 Å². The Morgan fingerprint density at radius 1 is 1.21 bits per heavy atom. The van der Waals surface area contributed by atoms with Crippen LogP contribution in [0, 0.1) is 11.8 Å². The third-order valence-corrected chi connectivity index (χ3v) is 6.80. The normalized spacial score (nSPS) is 29.9. The number of Topliss-reactive ketones (excluding diaryl/α,β-unsaturated/α-hetero) is 1. The SMILES string of the molecule is COC(=O)C1CCC(CCCc2nc(N)c3ncn([C@@H]4O[C@H](C(C)=O)C(O)[C@@H]4O)c3n2)CC1. The number of carbonyl (C=O) groups is 2. The number of rotatable bonds is 7. The number of aliphatic hydroxyl groups is 2. The maximum absolute atomic E-state index is 11.7. The van der Waals surface area contributed by atoms with Gasteiger partial charge in [0.25, 0.3) is 0 Å². The minimum absolute atomic E-state index is 0.0198. The van der Waals surface area contributed by atoms with Gasteiger partial charge in [-0.15, -0.1) is 0 Å². The zero-order valence-corrected chi connectivity index (χ0v) is 18.9. The number of carbonyl (C=O) groups excluding carboxylic acids is 2. The fourth-order valence-corrected chi connectivity index (χ4v) is 4.91. The Balaban J connectivity index is 1.42. The number of aryl methyl sites for hydroxylation is 1. The van der Waals surface area contributed by atoms with E-state index in [4.69, 9.17) is 15.2 Å². The zero-order valence-electron chi connectivity index (χ0n) is 18.9. The number of nitrogen functional groups attached to an aromatic ring is 1. The maximum Gasteiger partial charge on any atom is 0.308 e. The third-order valence-electron chi connectivity index (χ3n) is 6.80. The quantitative estimate of drug-likeness (QED) is 0.505. The Labute approximate surface area is 191 Å². The van der Waals surface area contributed by atoms with E-state index in [1.54, 1.807) is 0 Å². The Morgan fingerprint density at radius 3 is 2.58 bits per heavy atom. The summed E-state index contributed by atoms with van der Waals surface area (Å²) < 4.78 is 12.0.